The molecule has 99 valence electrons. The molecule has 1 N–H and O–H groups in total. The molecule has 0 aliphatic rings. The fourth-order valence-electron chi connectivity index (χ4n) is 0. The first-order chi connectivity index (χ1) is 6.81. The standard InChI is InChI=1S/3C3H6O2.Cu/c3*1-2-3(4)5;/h3*2H2,1H3,(H,4,5);/q;;;+2/p-2. The minimum absolute atomic E-state index is 0. The Morgan fingerprint density at radius 1 is 0.875 bits per heavy atom. The van der Waals surface area contributed by atoms with Gasteiger partial charge in [-0.15, -0.1) is 0 Å². The van der Waals surface area contributed by atoms with E-state index in [1.165, 1.54) is 13.8 Å². The average molecular weight is 284 g/mol. The van der Waals surface area contributed by atoms with E-state index in [0.717, 1.165) is 0 Å². The third-order valence-electron chi connectivity index (χ3n) is 0.880. The smallest absolute Gasteiger partial charge is 0.550 e. The van der Waals surface area contributed by atoms with E-state index in [0.29, 0.717) is 0 Å². The Hall–Kier alpha value is -1.07. The zero-order chi connectivity index (χ0) is 12.9. The first-order valence-electron chi connectivity index (χ1n) is 4.43. The summed E-state index contributed by atoms with van der Waals surface area (Å²) in [6, 6.07) is 0. The van der Waals surface area contributed by atoms with E-state index < -0.39 is 17.9 Å². The normalized spacial score (nSPS) is 6.94. The van der Waals surface area contributed by atoms with Crippen LogP contribution in [0.25, 0.3) is 0 Å². The molecular formula is C9H16CuO6. The summed E-state index contributed by atoms with van der Waals surface area (Å²) in [7, 11) is 0. The summed E-state index contributed by atoms with van der Waals surface area (Å²) in [6.45, 7) is 4.67. The van der Waals surface area contributed by atoms with Crippen molar-refractivity contribution in [3.63, 3.8) is 0 Å². The zero-order valence-corrected chi connectivity index (χ0v) is 10.4. The Bertz CT molecular complexity index is 159. The fourth-order valence-corrected chi connectivity index (χ4v) is 0. The Labute approximate surface area is 105 Å². The maximum absolute atomic E-state index is 9.37. The van der Waals surface area contributed by atoms with E-state index in [1.807, 2.05) is 0 Å². The molecule has 7 heteroatoms. The van der Waals surface area contributed by atoms with Crippen molar-refractivity contribution in [3.05, 3.63) is 0 Å². The van der Waals surface area contributed by atoms with Crippen molar-refractivity contribution >= 4 is 17.9 Å². The predicted molar refractivity (Wildman–Crippen MR) is 48.5 cm³/mol. The monoisotopic (exact) mass is 283 g/mol. The summed E-state index contributed by atoms with van der Waals surface area (Å²) in [5.41, 5.74) is 0. The maximum atomic E-state index is 9.37. The van der Waals surface area contributed by atoms with Gasteiger partial charge in [0, 0.05) is 18.4 Å². The Morgan fingerprint density at radius 2 is 1.00 bits per heavy atom. The number of hydrogen-bond donors (Lipinski definition) is 1. The molecule has 1 radical (unpaired) electrons. The van der Waals surface area contributed by atoms with E-state index in [9.17, 15) is 24.6 Å². The molecule has 0 aromatic carbocycles. The van der Waals surface area contributed by atoms with Crippen LogP contribution in [0, 0.1) is 0 Å². The van der Waals surface area contributed by atoms with Gasteiger partial charge in [-0.1, -0.05) is 20.8 Å². The van der Waals surface area contributed by atoms with Crippen LogP contribution in [0.3, 0.4) is 0 Å². The molecule has 0 saturated heterocycles. The van der Waals surface area contributed by atoms with Gasteiger partial charge in [0.2, 0.25) is 0 Å². The van der Waals surface area contributed by atoms with Gasteiger partial charge in [0.15, 0.2) is 0 Å². The molecule has 0 aliphatic carbocycles. The van der Waals surface area contributed by atoms with Crippen LogP contribution in [0.2, 0.25) is 0 Å². The van der Waals surface area contributed by atoms with Crippen molar-refractivity contribution in [3.8, 4) is 0 Å². The van der Waals surface area contributed by atoms with E-state index in [-0.39, 0.29) is 36.3 Å². The van der Waals surface area contributed by atoms with Crippen LogP contribution < -0.4 is 10.2 Å². The van der Waals surface area contributed by atoms with E-state index in [4.69, 9.17) is 5.11 Å². The molecule has 0 spiro atoms. The fraction of sp³-hybridized carbons (Fsp3) is 0.667. The molecule has 0 aliphatic heterocycles. The zero-order valence-electron chi connectivity index (χ0n) is 9.41. The van der Waals surface area contributed by atoms with Crippen LogP contribution in [-0.2, 0) is 31.5 Å². The molecule has 6 nitrogen and oxygen atoms in total. The molecule has 0 atom stereocenters. The third-order valence-corrected chi connectivity index (χ3v) is 0.880. The second-order valence-corrected chi connectivity index (χ2v) is 2.20. The van der Waals surface area contributed by atoms with Crippen molar-refractivity contribution in [1.82, 2.24) is 0 Å². The van der Waals surface area contributed by atoms with Crippen LogP contribution in [0.4, 0.5) is 0 Å². The molecule has 0 saturated carbocycles. The second-order valence-electron chi connectivity index (χ2n) is 2.20. The van der Waals surface area contributed by atoms with Crippen molar-refractivity contribution in [2.24, 2.45) is 0 Å². The summed E-state index contributed by atoms with van der Waals surface area (Å²) >= 11 is 0. The predicted octanol–water partition coefficient (Wildman–Crippen LogP) is -1.23. The Balaban J connectivity index is -0.0000000655. The first-order valence-corrected chi connectivity index (χ1v) is 4.43. The molecular weight excluding hydrogens is 268 g/mol. The van der Waals surface area contributed by atoms with Gasteiger partial charge < -0.3 is 24.9 Å². The maximum Gasteiger partial charge on any atom is 2.00 e. The number of carboxylic acid groups (broad SMARTS) is 3. The third kappa shape index (κ3) is 75.7. The van der Waals surface area contributed by atoms with Gasteiger partial charge in [-0.25, -0.2) is 0 Å². The van der Waals surface area contributed by atoms with Gasteiger partial charge >= 0.3 is 23.0 Å². The van der Waals surface area contributed by atoms with Crippen LogP contribution in [0.5, 0.6) is 0 Å². The number of aliphatic carboxylic acids is 3. The van der Waals surface area contributed by atoms with Crippen molar-refractivity contribution in [2.45, 2.75) is 40.0 Å². The van der Waals surface area contributed by atoms with Crippen LogP contribution in [0.1, 0.15) is 40.0 Å². The molecule has 16 heavy (non-hydrogen) atoms. The molecule has 0 fully saturated rings. The van der Waals surface area contributed by atoms with E-state index in [1.54, 1.807) is 6.92 Å². The largest absolute Gasteiger partial charge is 2.00 e. The van der Waals surface area contributed by atoms with Gasteiger partial charge in [-0.3, -0.25) is 4.79 Å². The molecule has 0 aromatic rings. The van der Waals surface area contributed by atoms with Crippen LogP contribution >= 0.6 is 0 Å². The number of carbonyl (C=O) groups excluding carboxylic acids is 2. The van der Waals surface area contributed by atoms with Crippen molar-refractivity contribution in [2.75, 3.05) is 0 Å². The van der Waals surface area contributed by atoms with E-state index >= 15 is 0 Å². The minimum Gasteiger partial charge on any atom is -0.550 e. The first kappa shape index (κ1) is 24.3. The molecule has 0 heterocycles. The van der Waals surface area contributed by atoms with Gasteiger partial charge in [-0.05, 0) is 12.8 Å². The van der Waals surface area contributed by atoms with Gasteiger partial charge in [-0.2, -0.15) is 0 Å². The van der Waals surface area contributed by atoms with Gasteiger partial charge in [0.1, 0.15) is 0 Å². The molecule has 0 amide bonds. The van der Waals surface area contributed by atoms with Gasteiger partial charge in [0.25, 0.3) is 0 Å². The van der Waals surface area contributed by atoms with E-state index in [2.05, 4.69) is 0 Å². The Morgan fingerprint density at radius 3 is 1.00 bits per heavy atom. The SMILES string of the molecule is CCC(=O)O.CCC(=O)[O-].CCC(=O)[O-].[Cu+2]. The minimum atomic E-state index is -0.995. The topological polar surface area (TPSA) is 118 Å². The molecule has 0 unspecified atom stereocenters. The number of carboxylic acids is 3. The number of carbonyl (C=O) groups is 3. The number of hydrogen-bond acceptors (Lipinski definition) is 5. The summed E-state index contributed by atoms with van der Waals surface area (Å²) in [5.74, 6) is -2.74. The van der Waals surface area contributed by atoms with Gasteiger partial charge in [0.05, 0.1) is 0 Å². The molecule has 0 aromatic heterocycles. The van der Waals surface area contributed by atoms with Crippen LogP contribution in [0.15, 0.2) is 0 Å². The number of rotatable bonds is 3. The van der Waals surface area contributed by atoms with Crippen molar-refractivity contribution < 1.29 is 46.8 Å². The summed E-state index contributed by atoms with van der Waals surface area (Å²) in [6.07, 6.45) is 0.444. The quantitative estimate of drug-likeness (QED) is 0.648. The molecule has 0 rings (SSSR count). The second kappa shape index (κ2) is 19.5. The summed E-state index contributed by atoms with van der Waals surface area (Å²) < 4.78 is 0. The van der Waals surface area contributed by atoms with Crippen LogP contribution in [-0.4, -0.2) is 23.0 Å². The summed E-state index contributed by atoms with van der Waals surface area (Å²) in [5, 5.41) is 26.2. The summed E-state index contributed by atoms with van der Waals surface area (Å²) in [4.78, 5) is 27.9. The molecule has 0 bridgehead atoms. The Kier molecular flexibility index (Phi) is 29.5. The van der Waals surface area contributed by atoms with Crippen molar-refractivity contribution in [1.29, 1.82) is 0 Å². The average Bonchev–Trinajstić information content (AvgIpc) is 2.19.